The first-order chi connectivity index (χ1) is 11.0. The second kappa shape index (κ2) is 6.44. The molecule has 0 saturated heterocycles. The predicted octanol–water partition coefficient (Wildman–Crippen LogP) is 2.84. The molecule has 1 aromatic heterocycles. The van der Waals surface area contributed by atoms with Crippen LogP contribution in [-0.4, -0.2) is 15.7 Å². The van der Waals surface area contributed by atoms with Gasteiger partial charge in [0.05, 0.1) is 17.9 Å². The fourth-order valence-electron chi connectivity index (χ4n) is 3.34. The van der Waals surface area contributed by atoms with Gasteiger partial charge in [0.25, 0.3) is 0 Å². The number of guanidine groups is 1. The van der Waals surface area contributed by atoms with Gasteiger partial charge in [-0.15, -0.1) is 0 Å². The summed E-state index contributed by atoms with van der Waals surface area (Å²) < 4.78 is 1.96. The van der Waals surface area contributed by atoms with Gasteiger partial charge in [-0.1, -0.05) is 6.07 Å². The van der Waals surface area contributed by atoms with E-state index in [9.17, 15) is 0 Å². The van der Waals surface area contributed by atoms with Crippen molar-refractivity contribution in [3.63, 3.8) is 0 Å². The molecule has 1 heterocycles. The first kappa shape index (κ1) is 15.6. The first-order valence-electron chi connectivity index (χ1n) is 8.22. The fourth-order valence-corrected chi connectivity index (χ4v) is 3.34. The average Bonchev–Trinajstić information content (AvgIpc) is 2.79. The molecule has 0 atom stereocenters. The Morgan fingerprint density at radius 3 is 2.65 bits per heavy atom. The van der Waals surface area contributed by atoms with Crippen LogP contribution >= 0.6 is 0 Å². The van der Waals surface area contributed by atoms with Gasteiger partial charge in [0.2, 0.25) is 0 Å². The zero-order valence-corrected chi connectivity index (χ0v) is 14.2. The van der Waals surface area contributed by atoms with Crippen LogP contribution in [0.4, 0.5) is 5.69 Å². The van der Waals surface area contributed by atoms with Gasteiger partial charge in [-0.05, 0) is 68.4 Å². The maximum atomic E-state index is 6.06. The number of rotatable bonds is 3. The molecule has 5 nitrogen and oxygen atoms in total. The van der Waals surface area contributed by atoms with Crippen LogP contribution in [0.5, 0.6) is 0 Å². The Labute approximate surface area is 137 Å². The summed E-state index contributed by atoms with van der Waals surface area (Å²) in [5, 5.41) is 7.81. The van der Waals surface area contributed by atoms with Gasteiger partial charge < -0.3 is 11.1 Å². The number of nitrogens with two attached hydrogens (primary N) is 1. The lowest BCUT2D eigenvalue weighted by molar-refractivity contribution is 0.663. The van der Waals surface area contributed by atoms with Crippen LogP contribution in [0.3, 0.4) is 0 Å². The van der Waals surface area contributed by atoms with Crippen molar-refractivity contribution in [3.8, 4) is 0 Å². The van der Waals surface area contributed by atoms with E-state index in [0.29, 0.717) is 12.5 Å². The highest BCUT2D eigenvalue weighted by Crippen LogP contribution is 2.24. The zero-order valence-electron chi connectivity index (χ0n) is 14.2. The minimum Gasteiger partial charge on any atom is -0.370 e. The highest BCUT2D eigenvalue weighted by atomic mass is 15.3. The average molecular weight is 311 g/mol. The molecule has 0 radical (unpaired) electrons. The number of fused-ring (bicyclic) bond motifs is 1. The third-order valence-electron chi connectivity index (χ3n) is 4.34. The van der Waals surface area contributed by atoms with Gasteiger partial charge in [0.1, 0.15) is 0 Å². The van der Waals surface area contributed by atoms with E-state index < -0.39 is 0 Å². The van der Waals surface area contributed by atoms with Crippen molar-refractivity contribution < 1.29 is 0 Å². The predicted molar refractivity (Wildman–Crippen MR) is 94.7 cm³/mol. The molecule has 0 aliphatic heterocycles. The van der Waals surface area contributed by atoms with E-state index in [-0.39, 0.29) is 0 Å². The maximum absolute atomic E-state index is 6.06. The van der Waals surface area contributed by atoms with Crippen molar-refractivity contribution in [2.45, 2.75) is 46.1 Å². The molecule has 0 bridgehead atoms. The smallest absolute Gasteiger partial charge is 0.193 e. The van der Waals surface area contributed by atoms with E-state index in [2.05, 4.69) is 47.5 Å². The van der Waals surface area contributed by atoms with Crippen molar-refractivity contribution in [1.82, 2.24) is 9.78 Å². The van der Waals surface area contributed by atoms with Crippen molar-refractivity contribution in [3.05, 3.63) is 46.3 Å². The second-order valence-corrected chi connectivity index (χ2v) is 6.41. The Bertz CT molecular complexity index is 722. The Morgan fingerprint density at radius 2 is 1.91 bits per heavy atom. The molecule has 122 valence electrons. The Morgan fingerprint density at radius 1 is 1.22 bits per heavy atom. The normalized spacial score (nSPS) is 14.7. The van der Waals surface area contributed by atoms with E-state index in [1.54, 1.807) is 0 Å². The molecule has 0 spiro atoms. The minimum atomic E-state index is 0.445. The summed E-state index contributed by atoms with van der Waals surface area (Å²) in [5.41, 5.74) is 13.3. The third-order valence-corrected chi connectivity index (χ3v) is 4.34. The lowest BCUT2D eigenvalue weighted by Gasteiger charge is -2.11. The first-order valence-corrected chi connectivity index (χ1v) is 8.22. The van der Waals surface area contributed by atoms with Gasteiger partial charge in [0, 0.05) is 12.7 Å². The number of hydrogen-bond acceptors (Lipinski definition) is 2. The molecule has 3 rings (SSSR count). The molecule has 1 aliphatic carbocycles. The molecule has 3 N–H and O–H groups in total. The summed E-state index contributed by atoms with van der Waals surface area (Å²) in [6.45, 7) is 4.73. The second-order valence-electron chi connectivity index (χ2n) is 6.41. The largest absolute Gasteiger partial charge is 0.370 e. The van der Waals surface area contributed by atoms with E-state index in [1.807, 2.05) is 11.7 Å². The van der Waals surface area contributed by atoms with Crippen LogP contribution in [0.15, 0.2) is 23.2 Å². The monoisotopic (exact) mass is 311 g/mol. The Kier molecular flexibility index (Phi) is 4.37. The van der Waals surface area contributed by atoms with Crippen molar-refractivity contribution >= 4 is 11.6 Å². The summed E-state index contributed by atoms with van der Waals surface area (Å²) >= 11 is 0. The van der Waals surface area contributed by atoms with Gasteiger partial charge in [-0.25, -0.2) is 4.99 Å². The maximum Gasteiger partial charge on any atom is 0.193 e. The lowest BCUT2D eigenvalue weighted by atomic mass is 9.96. The van der Waals surface area contributed by atoms with Crippen LogP contribution in [-0.2, 0) is 26.4 Å². The number of nitrogens with one attached hydrogen (secondary N) is 1. The van der Waals surface area contributed by atoms with E-state index >= 15 is 0 Å². The van der Waals surface area contributed by atoms with E-state index in [1.165, 1.54) is 40.9 Å². The highest BCUT2D eigenvalue weighted by Gasteiger charge is 2.18. The Hall–Kier alpha value is -2.30. The Balaban J connectivity index is 1.73. The van der Waals surface area contributed by atoms with Gasteiger partial charge in [0.15, 0.2) is 5.96 Å². The molecular weight excluding hydrogens is 286 g/mol. The number of nitrogens with zero attached hydrogens (tertiary/aromatic N) is 3. The van der Waals surface area contributed by atoms with E-state index in [4.69, 9.17) is 5.73 Å². The van der Waals surface area contributed by atoms with E-state index in [0.717, 1.165) is 18.5 Å². The minimum absolute atomic E-state index is 0.445. The molecule has 0 unspecified atom stereocenters. The third kappa shape index (κ3) is 3.55. The summed E-state index contributed by atoms with van der Waals surface area (Å²) in [4.78, 5) is 4.51. The number of hydrogen-bond donors (Lipinski definition) is 2. The highest BCUT2D eigenvalue weighted by molar-refractivity contribution is 5.92. The van der Waals surface area contributed by atoms with Crippen LogP contribution < -0.4 is 11.1 Å². The summed E-state index contributed by atoms with van der Waals surface area (Å²) in [6, 6.07) is 6.28. The molecule has 2 aromatic rings. The van der Waals surface area contributed by atoms with Crippen LogP contribution in [0.25, 0.3) is 0 Å². The van der Waals surface area contributed by atoms with Gasteiger partial charge in [-0.2, -0.15) is 5.10 Å². The lowest BCUT2D eigenvalue weighted by Crippen LogP contribution is -2.23. The summed E-state index contributed by atoms with van der Waals surface area (Å²) in [6.07, 6.45) is 4.68. The van der Waals surface area contributed by atoms with Crippen LogP contribution in [0.2, 0.25) is 0 Å². The molecule has 1 aromatic carbocycles. The molecular formula is C18H25N5. The number of benzene rings is 1. The number of aromatic nitrogens is 2. The van der Waals surface area contributed by atoms with Crippen LogP contribution in [0, 0.1) is 13.8 Å². The van der Waals surface area contributed by atoms with Crippen molar-refractivity contribution in [1.29, 1.82) is 0 Å². The molecule has 23 heavy (non-hydrogen) atoms. The van der Waals surface area contributed by atoms with Gasteiger partial charge >= 0.3 is 0 Å². The molecule has 1 aliphatic rings. The van der Waals surface area contributed by atoms with Gasteiger partial charge in [-0.3, -0.25) is 4.68 Å². The fraction of sp³-hybridized carbons (Fsp3) is 0.444. The van der Waals surface area contributed by atoms with Crippen LogP contribution in [0.1, 0.15) is 40.9 Å². The number of anilines is 1. The SMILES string of the molecule is Cc1cc(C)cc(NC(N)=NCc2c3c(nn2C)CCCC3)c1. The molecule has 0 amide bonds. The summed E-state index contributed by atoms with van der Waals surface area (Å²) in [5.74, 6) is 0.445. The topological polar surface area (TPSA) is 68.2 Å². The van der Waals surface area contributed by atoms with Crippen molar-refractivity contribution in [2.24, 2.45) is 17.8 Å². The standard InChI is InChI=1S/C18H25N5/c1-12-8-13(2)10-14(9-12)21-18(19)20-11-17-15-6-4-5-7-16(15)22-23(17)3/h8-10H,4-7,11H2,1-3H3,(H3,19,20,21). The molecule has 5 heteroatoms. The van der Waals surface area contributed by atoms with Crippen molar-refractivity contribution in [2.75, 3.05) is 5.32 Å². The zero-order chi connectivity index (χ0) is 16.4. The molecule has 0 saturated carbocycles. The molecule has 0 fully saturated rings. The number of aliphatic imine (C=N–C) groups is 1. The summed E-state index contributed by atoms with van der Waals surface area (Å²) in [7, 11) is 2.00. The number of aryl methyl sites for hydroxylation is 4. The quantitative estimate of drug-likeness (QED) is 0.676.